The first kappa shape index (κ1) is 17.7. The number of benzene rings is 1. The van der Waals surface area contributed by atoms with Gasteiger partial charge in [0, 0.05) is 36.5 Å². The molecular weight excluding hydrogens is 336 g/mol. The SMILES string of the molecule is C[C@H](Cc1cccc(Cl)c1)NC(=O)[C@@H]1CCCN(c2cnccn2)C1. The maximum Gasteiger partial charge on any atom is 0.225 e. The standard InChI is InChI=1S/C19H23ClN4O/c1-14(10-15-4-2-6-17(20)11-15)23-19(25)16-5-3-9-24(13-16)18-12-21-7-8-22-18/h2,4,6-8,11-12,14,16H,3,5,9-10,13H2,1H3,(H,23,25)/t14-,16-/m1/s1. The Balaban J connectivity index is 1.55. The van der Waals surface area contributed by atoms with Crippen LogP contribution in [0.4, 0.5) is 5.82 Å². The first-order valence-electron chi connectivity index (χ1n) is 8.67. The van der Waals surface area contributed by atoms with Gasteiger partial charge in [0.05, 0.1) is 12.1 Å². The summed E-state index contributed by atoms with van der Waals surface area (Å²) in [7, 11) is 0. The molecule has 3 rings (SSSR count). The number of rotatable bonds is 5. The molecule has 0 aliphatic carbocycles. The van der Waals surface area contributed by atoms with E-state index in [1.54, 1.807) is 18.6 Å². The lowest BCUT2D eigenvalue weighted by molar-refractivity contribution is -0.125. The van der Waals surface area contributed by atoms with Gasteiger partial charge in [-0.15, -0.1) is 0 Å². The number of aromatic nitrogens is 2. The molecule has 0 saturated carbocycles. The van der Waals surface area contributed by atoms with Gasteiger partial charge in [-0.25, -0.2) is 4.98 Å². The van der Waals surface area contributed by atoms with Crippen molar-refractivity contribution in [3.63, 3.8) is 0 Å². The van der Waals surface area contributed by atoms with Crippen LogP contribution < -0.4 is 10.2 Å². The quantitative estimate of drug-likeness (QED) is 0.892. The third-order valence-electron chi connectivity index (χ3n) is 4.49. The normalized spacial score (nSPS) is 18.6. The third-order valence-corrected chi connectivity index (χ3v) is 4.72. The second-order valence-corrected chi connectivity index (χ2v) is 7.03. The molecule has 1 saturated heterocycles. The molecule has 132 valence electrons. The van der Waals surface area contributed by atoms with E-state index >= 15 is 0 Å². The van der Waals surface area contributed by atoms with E-state index in [1.165, 1.54) is 0 Å². The maximum absolute atomic E-state index is 12.6. The van der Waals surface area contributed by atoms with Gasteiger partial charge in [0.15, 0.2) is 0 Å². The Bertz CT molecular complexity index is 710. The molecule has 25 heavy (non-hydrogen) atoms. The van der Waals surface area contributed by atoms with Crippen LogP contribution in [0.1, 0.15) is 25.3 Å². The monoisotopic (exact) mass is 358 g/mol. The topological polar surface area (TPSA) is 58.1 Å². The number of hydrogen-bond donors (Lipinski definition) is 1. The summed E-state index contributed by atoms with van der Waals surface area (Å²) >= 11 is 6.03. The summed E-state index contributed by atoms with van der Waals surface area (Å²) < 4.78 is 0. The number of carbonyl (C=O) groups is 1. The highest BCUT2D eigenvalue weighted by Gasteiger charge is 2.27. The molecule has 0 bridgehead atoms. The Hall–Kier alpha value is -2.14. The second-order valence-electron chi connectivity index (χ2n) is 6.59. The van der Waals surface area contributed by atoms with Crippen molar-refractivity contribution < 1.29 is 4.79 Å². The van der Waals surface area contributed by atoms with Crippen molar-refractivity contribution >= 4 is 23.3 Å². The van der Waals surface area contributed by atoms with Crippen LogP contribution in [0.15, 0.2) is 42.9 Å². The highest BCUT2D eigenvalue weighted by atomic mass is 35.5. The number of piperidine rings is 1. The van der Waals surface area contributed by atoms with E-state index in [9.17, 15) is 4.79 Å². The molecule has 1 aromatic carbocycles. The molecule has 2 aromatic rings. The van der Waals surface area contributed by atoms with Gasteiger partial charge in [-0.3, -0.25) is 9.78 Å². The van der Waals surface area contributed by atoms with E-state index in [4.69, 9.17) is 11.6 Å². The van der Waals surface area contributed by atoms with Gasteiger partial charge in [0.25, 0.3) is 0 Å². The predicted octanol–water partition coefficient (Wildman–Crippen LogP) is 3.09. The molecule has 0 unspecified atom stereocenters. The Morgan fingerprint density at radius 2 is 2.32 bits per heavy atom. The van der Waals surface area contributed by atoms with E-state index in [0.29, 0.717) is 6.54 Å². The van der Waals surface area contributed by atoms with Gasteiger partial charge in [-0.2, -0.15) is 0 Å². The number of carbonyl (C=O) groups excluding carboxylic acids is 1. The van der Waals surface area contributed by atoms with E-state index < -0.39 is 0 Å². The predicted molar refractivity (Wildman–Crippen MR) is 99.7 cm³/mol. The third kappa shape index (κ3) is 4.92. The minimum atomic E-state index is -0.0161. The Morgan fingerprint density at radius 3 is 3.08 bits per heavy atom. The van der Waals surface area contributed by atoms with Crippen LogP contribution in [-0.4, -0.2) is 35.0 Å². The van der Waals surface area contributed by atoms with Gasteiger partial charge < -0.3 is 10.2 Å². The summed E-state index contributed by atoms with van der Waals surface area (Å²) in [5.41, 5.74) is 1.13. The number of hydrogen-bond acceptors (Lipinski definition) is 4. The first-order valence-corrected chi connectivity index (χ1v) is 9.05. The van der Waals surface area contributed by atoms with E-state index in [2.05, 4.69) is 20.2 Å². The first-order chi connectivity index (χ1) is 12.1. The average molecular weight is 359 g/mol. The zero-order chi connectivity index (χ0) is 17.6. The summed E-state index contributed by atoms with van der Waals surface area (Å²) in [5.74, 6) is 0.938. The number of anilines is 1. The lowest BCUT2D eigenvalue weighted by Crippen LogP contribution is -2.46. The van der Waals surface area contributed by atoms with Crippen molar-refractivity contribution in [2.24, 2.45) is 5.92 Å². The van der Waals surface area contributed by atoms with Crippen LogP contribution in [0.5, 0.6) is 0 Å². The van der Waals surface area contributed by atoms with Crippen LogP contribution in [0.2, 0.25) is 5.02 Å². The van der Waals surface area contributed by atoms with Crippen molar-refractivity contribution in [1.29, 1.82) is 0 Å². The summed E-state index contributed by atoms with van der Waals surface area (Å²) in [6, 6.07) is 7.84. The molecule has 0 spiro atoms. The van der Waals surface area contributed by atoms with E-state index in [1.807, 2.05) is 31.2 Å². The zero-order valence-corrected chi connectivity index (χ0v) is 15.1. The van der Waals surface area contributed by atoms with Gasteiger partial charge >= 0.3 is 0 Å². The highest BCUT2D eigenvalue weighted by Crippen LogP contribution is 2.21. The molecule has 5 nitrogen and oxygen atoms in total. The van der Waals surface area contributed by atoms with Gasteiger partial charge in [0.2, 0.25) is 5.91 Å². The Morgan fingerprint density at radius 1 is 1.44 bits per heavy atom. The van der Waals surface area contributed by atoms with Crippen LogP contribution in [0, 0.1) is 5.92 Å². The van der Waals surface area contributed by atoms with Crippen LogP contribution in [-0.2, 0) is 11.2 Å². The average Bonchev–Trinajstić information content (AvgIpc) is 2.62. The number of nitrogens with zero attached hydrogens (tertiary/aromatic N) is 3. The fourth-order valence-electron chi connectivity index (χ4n) is 3.28. The molecule has 1 aliphatic rings. The zero-order valence-electron chi connectivity index (χ0n) is 14.4. The van der Waals surface area contributed by atoms with Crippen molar-refractivity contribution in [3.05, 3.63) is 53.4 Å². The lowest BCUT2D eigenvalue weighted by Gasteiger charge is -2.33. The maximum atomic E-state index is 12.6. The van der Waals surface area contributed by atoms with E-state index in [0.717, 1.165) is 42.2 Å². The van der Waals surface area contributed by atoms with Crippen LogP contribution in [0.3, 0.4) is 0 Å². The minimum absolute atomic E-state index is 0.0161. The Kier molecular flexibility index (Phi) is 5.87. The highest BCUT2D eigenvalue weighted by molar-refractivity contribution is 6.30. The van der Waals surface area contributed by atoms with Crippen molar-refractivity contribution in [3.8, 4) is 0 Å². The molecule has 2 atom stereocenters. The number of halogens is 1. The molecule has 1 N–H and O–H groups in total. The molecule has 1 amide bonds. The van der Waals surface area contributed by atoms with Crippen molar-refractivity contribution in [2.75, 3.05) is 18.0 Å². The molecule has 0 radical (unpaired) electrons. The minimum Gasteiger partial charge on any atom is -0.355 e. The lowest BCUT2D eigenvalue weighted by atomic mass is 9.96. The smallest absolute Gasteiger partial charge is 0.225 e. The summed E-state index contributed by atoms with van der Waals surface area (Å²) in [6.07, 6.45) is 7.76. The molecule has 1 aliphatic heterocycles. The van der Waals surface area contributed by atoms with Crippen LogP contribution >= 0.6 is 11.6 Å². The number of amides is 1. The fraction of sp³-hybridized carbons (Fsp3) is 0.421. The van der Waals surface area contributed by atoms with Crippen LogP contribution in [0.25, 0.3) is 0 Å². The molecule has 2 heterocycles. The Labute approximate surface area is 153 Å². The van der Waals surface area contributed by atoms with Crippen molar-refractivity contribution in [1.82, 2.24) is 15.3 Å². The summed E-state index contributed by atoms with van der Waals surface area (Å²) in [6.45, 7) is 3.64. The number of nitrogens with one attached hydrogen (secondary N) is 1. The summed E-state index contributed by atoms with van der Waals surface area (Å²) in [5, 5.41) is 3.87. The summed E-state index contributed by atoms with van der Waals surface area (Å²) in [4.78, 5) is 23.2. The van der Waals surface area contributed by atoms with Gasteiger partial charge in [-0.05, 0) is 43.9 Å². The molecule has 1 fully saturated rings. The van der Waals surface area contributed by atoms with Crippen molar-refractivity contribution in [2.45, 2.75) is 32.2 Å². The molecular formula is C19H23ClN4O. The van der Waals surface area contributed by atoms with E-state index in [-0.39, 0.29) is 17.9 Å². The largest absolute Gasteiger partial charge is 0.355 e. The van der Waals surface area contributed by atoms with Gasteiger partial charge in [0.1, 0.15) is 5.82 Å². The molecule has 1 aromatic heterocycles. The van der Waals surface area contributed by atoms with Gasteiger partial charge in [-0.1, -0.05) is 23.7 Å². The second kappa shape index (κ2) is 8.30. The fourth-order valence-corrected chi connectivity index (χ4v) is 3.50. The molecule has 6 heteroatoms.